The first-order valence-electron chi connectivity index (χ1n) is 8.03. The maximum atomic E-state index is 12.8. The Bertz CT molecular complexity index is 786. The van der Waals surface area contributed by atoms with Gasteiger partial charge in [-0.25, -0.2) is 0 Å². The molecule has 0 N–H and O–H groups in total. The molecular weight excluding hydrogens is 300 g/mol. The second kappa shape index (κ2) is 6.11. The number of amidine groups is 1. The van der Waals surface area contributed by atoms with E-state index in [1.807, 2.05) is 69.3 Å². The Labute approximate surface area is 142 Å². The highest BCUT2D eigenvalue weighted by atomic mass is 16.5. The van der Waals surface area contributed by atoms with Gasteiger partial charge in [0.1, 0.15) is 11.6 Å². The van der Waals surface area contributed by atoms with Crippen LogP contribution in [-0.2, 0) is 6.54 Å². The zero-order chi connectivity index (χ0) is 17.3. The topological polar surface area (TPSA) is 41.9 Å². The molecule has 1 aliphatic heterocycles. The number of carbonyl (C=O) groups is 1. The number of nitrogens with zero attached hydrogens (tertiary/aromatic N) is 2. The van der Waals surface area contributed by atoms with Crippen molar-refractivity contribution >= 4 is 11.7 Å². The van der Waals surface area contributed by atoms with E-state index in [-0.39, 0.29) is 11.4 Å². The number of hydrogen-bond acceptors (Lipinski definition) is 3. The third kappa shape index (κ3) is 3.18. The molecule has 0 aromatic heterocycles. The van der Waals surface area contributed by atoms with Crippen LogP contribution in [0, 0.1) is 0 Å². The Morgan fingerprint density at radius 3 is 2.21 bits per heavy atom. The molecule has 0 fully saturated rings. The van der Waals surface area contributed by atoms with Gasteiger partial charge in [-0.2, -0.15) is 0 Å². The number of methoxy groups -OCH3 is 1. The number of ether oxygens (including phenoxy) is 1. The number of rotatable bonds is 3. The van der Waals surface area contributed by atoms with E-state index in [9.17, 15) is 4.79 Å². The first kappa shape index (κ1) is 16.2. The van der Waals surface area contributed by atoms with Crippen molar-refractivity contribution in [3.8, 4) is 5.75 Å². The smallest absolute Gasteiger partial charge is 0.260 e. The van der Waals surface area contributed by atoms with Gasteiger partial charge in [-0.05, 0) is 44.5 Å². The van der Waals surface area contributed by atoms with Crippen LogP contribution in [0.4, 0.5) is 0 Å². The summed E-state index contributed by atoms with van der Waals surface area (Å²) in [4.78, 5) is 19.4. The molecule has 0 saturated carbocycles. The summed E-state index contributed by atoms with van der Waals surface area (Å²) in [6.07, 6.45) is 0. The van der Waals surface area contributed by atoms with Crippen LogP contribution in [-0.4, -0.2) is 29.3 Å². The molecule has 0 bridgehead atoms. The van der Waals surface area contributed by atoms with Gasteiger partial charge in [-0.15, -0.1) is 0 Å². The van der Waals surface area contributed by atoms with Crippen molar-refractivity contribution in [3.05, 3.63) is 65.2 Å². The molecule has 1 aliphatic rings. The van der Waals surface area contributed by atoms with Gasteiger partial charge in [-0.3, -0.25) is 14.7 Å². The van der Waals surface area contributed by atoms with Crippen LogP contribution in [0.5, 0.6) is 5.75 Å². The number of fused-ring (bicyclic) bond motifs is 1. The Hall–Kier alpha value is -2.62. The first-order valence-corrected chi connectivity index (χ1v) is 8.03. The molecule has 3 rings (SSSR count). The summed E-state index contributed by atoms with van der Waals surface area (Å²) in [6.45, 7) is 6.61. The van der Waals surface area contributed by atoms with Crippen molar-refractivity contribution in [1.82, 2.24) is 4.90 Å². The van der Waals surface area contributed by atoms with Crippen molar-refractivity contribution in [2.24, 2.45) is 4.99 Å². The zero-order valence-electron chi connectivity index (χ0n) is 14.5. The number of aliphatic imine (C=N–C) groups is 1. The summed E-state index contributed by atoms with van der Waals surface area (Å²) in [7, 11) is 1.64. The molecule has 0 atom stereocenters. The van der Waals surface area contributed by atoms with E-state index in [2.05, 4.69) is 0 Å². The van der Waals surface area contributed by atoms with Gasteiger partial charge in [0.25, 0.3) is 5.91 Å². The normalized spacial score (nSPS) is 15.8. The van der Waals surface area contributed by atoms with Gasteiger partial charge in [0.05, 0.1) is 24.8 Å². The standard InChI is InChI=1S/C20H22N2O2/c1-20(2,3)21-18-16-7-5-6-8-17(16)19(23)22(18)13-14-9-11-15(24-4)12-10-14/h5-12H,13H2,1-4H3. The van der Waals surface area contributed by atoms with Gasteiger partial charge >= 0.3 is 0 Å². The van der Waals surface area contributed by atoms with E-state index in [0.29, 0.717) is 12.1 Å². The largest absolute Gasteiger partial charge is 0.497 e. The van der Waals surface area contributed by atoms with E-state index < -0.39 is 0 Å². The molecule has 0 spiro atoms. The first-order chi connectivity index (χ1) is 11.4. The molecule has 2 aromatic carbocycles. The lowest BCUT2D eigenvalue weighted by molar-refractivity contribution is 0.0852. The maximum absolute atomic E-state index is 12.8. The highest BCUT2D eigenvalue weighted by molar-refractivity contribution is 6.23. The molecule has 0 saturated heterocycles. The van der Waals surface area contributed by atoms with Gasteiger partial charge in [0.15, 0.2) is 0 Å². The molecule has 0 unspecified atom stereocenters. The van der Waals surface area contributed by atoms with E-state index in [0.717, 1.165) is 22.7 Å². The Morgan fingerprint density at radius 1 is 1.00 bits per heavy atom. The van der Waals surface area contributed by atoms with E-state index in [1.54, 1.807) is 12.0 Å². The molecule has 2 aromatic rings. The van der Waals surface area contributed by atoms with Gasteiger partial charge in [-0.1, -0.05) is 30.3 Å². The number of carbonyl (C=O) groups excluding carboxylic acids is 1. The molecule has 4 heteroatoms. The van der Waals surface area contributed by atoms with Crippen LogP contribution in [0.1, 0.15) is 42.3 Å². The van der Waals surface area contributed by atoms with E-state index in [1.165, 1.54) is 0 Å². The lowest BCUT2D eigenvalue weighted by Crippen LogP contribution is -2.32. The Balaban J connectivity index is 1.99. The van der Waals surface area contributed by atoms with Gasteiger partial charge < -0.3 is 4.74 Å². The quantitative estimate of drug-likeness (QED) is 0.860. The maximum Gasteiger partial charge on any atom is 0.260 e. The number of amides is 1. The third-order valence-electron chi connectivity index (χ3n) is 3.84. The van der Waals surface area contributed by atoms with Crippen molar-refractivity contribution in [2.75, 3.05) is 7.11 Å². The lowest BCUT2D eigenvalue weighted by atomic mass is 10.1. The fourth-order valence-electron chi connectivity index (χ4n) is 2.75. The summed E-state index contributed by atoms with van der Waals surface area (Å²) in [5.41, 5.74) is 2.41. The van der Waals surface area contributed by atoms with Crippen LogP contribution in [0.2, 0.25) is 0 Å². The number of benzene rings is 2. The van der Waals surface area contributed by atoms with Crippen LogP contribution in [0.25, 0.3) is 0 Å². The van der Waals surface area contributed by atoms with Crippen molar-refractivity contribution in [2.45, 2.75) is 32.9 Å². The summed E-state index contributed by atoms with van der Waals surface area (Å²) < 4.78 is 5.19. The Morgan fingerprint density at radius 2 is 1.62 bits per heavy atom. The predicted molar refractivity (Wildman–Crippen MR) is 95.6 cm³/mol. The van der Waals surface area contributed by atoms with Crippen LogP contribution < -0.4 is 4.74 Å². The third-order valence-corrected chi connectivity index (χ3v) is 3.84. The fourth-order valence-corrected chi connectivity index (χ4v) is 2.75. The molecule has 24 heavy (non-hydrogen) atoms. The van der Waals surface area contributed by atoms with E-state index in [4.69, 9.17) is 9.73 Å². The number of hydrogen-bond donors (Lipinski definition) is 0. The highest BCUT2D eigenvalue weighted by Gasteiger charge is 2.34. The molecule has 4 nitrogen and oxygen atoms in total. The second-order valence-electron chi connectivity index (χ2n) is 6.89. The monoisotopic (exact) mass is 322 g/mol. The van der Waals surface area contributed by atoms with Crippen LogP contribution in [0.15, 0.2) is 53.5 Å². The van der Waals surface area contributed by atoms with E-state index >= 15 is 0 Å². The zero-order valence-corrected chi connectivity index (χ0v) is 14.5. The van der Waals surface area contributed by atoms with Crippen molar-refractivity contribution in [1.29, 1.82) is 0 Å². The highest BCUT2D eigenvalue weighted by Crippen LogP contribution is 2.27. The second-order valence-corrected chi connectivity index (χ2v) is 6.89. The lowest BCUT2D eigenvalue weighted by Gasteiger charge is -2.21. The van der Waals surface area contributed by atoms with Gasteiger partial charge in [0.2, 0.25) is 0 Å². The molecule has 0 radical (unpaired) electrons. The summed E-state index contributed by atoms with van der Waals surface area (Å²) >= 11 is 0. The molecule has 124 valence electrons. The van der Waals surface area contributed by atoms with Gasteiger partial charge in [0, 0.05) is 5.56 Å². The predicted octanol–water partition coefficient (Wildman–Crippen LogP) is 3.90. The average Bonchev–Trinajstić information content (AvgIpc) is 2.80. The Kier molecular flexibility index (Phi) is 4.14. The van der Waals surface area contributed by atoms with Crippen LogP contribution >= 0.6 is 0 Å². The summed E-state index contributed by atoms with van der Waals surface area (Å²) in [6, 6.07) is 15.4. The van der Waals surface area contributed by atoms with Crippen LogP contribution in [0.3, 0.4) is 0 Å². The fraction of sp³-hybridized carbons (Fsp3) is 0.300. The minimum Gasteiger partial charge on any atom is -0.497 e. The SMILES string of the molecule is COc1ccc(CN2C(=O)c3ccccc3C2=NC(C)(C)C)cc1. The molecule has 0 aliphatic carbocycles. The minimum absolute atomic E-state index is 0.00409. The minimum atomic E-state index is -0.259. The van der Waals surface area contributed by atoms with Crippen molar-refractivity contribution in [3.63, 3.8) is 0 Å². The summed E-state index contributed by atoms with van der Waals surface area (Å²) in [5.74, 6) is 1.56. The molecule has 1 amide bonds. The van der Waals surface area contributed by atoms with Crippen molar-refractivity contribution < 1.29 is 9.53 Å². The average molecular weight is 322 g/mol. The molecular formula is C20H22N2O2. The summed E-state index contributed by atoms with van der Waals surface area (Å²) in [5, 5.41) is 0. The molecule has 1 heterocycles.